The minimum atomic E-state index is -0.950. The molecule has 96 valence electrons. The highest BCUT2D eigenvalue weighted by molar-refractivity contribution is 5.85. The zero-order chi connectivity index (χ0) is 13.7. The number of hydrogen-bond acceptors (Lipinski definition) is 2. The maximum Gasteiger partial charge on any atom is 0.328 e. The van der Waals surface area contributed by atoms with Crippen molar-refractivity contribution in [2.45, 2.75) is 0 Å². The van der Waals surface area contributed by atoms with Crippen LogP contribution in [-0.4, -0.2) is 18.2 Å². The molecule has 0 spiro atoms. The summed E-state index contributed by atoms with van der Waals surface area (Å²) in [7, 11) is 1.64. The largest absolute Gasteiger partial charge is 0.496 e. The monoisotopic (exact) mass is 254 g/mol. The maximum absolute atomic E-state index is 10.4. The molecule has 2 rings (SSSR count). The first kappa shape index (κ1) is 12.9. The molecular weight excluding hydrogens is 240 g/mol. The molecule has 2 aromatic carbocycles. The standard InChI is InChI=1S/C16H14O3/c1-19-15-5-3-2-4-14(15)13-9-6-12(7-10-13)8-11-16(17)18/h2-11H,1H3,(H,17,18)/b11-8+. The lowest BCUT2D eigenvalue weighted by molar-refractivity contribution is -0.131. The van der Waals surface area contributed by atoms with E-state index < -0.39 is 5.97 Å². The summed E-state index contributed by atoms with van der Waals surface area (Å²) < 4.78 is 5.32. The van der Waals surface area contributed by atoms with Gasteiger partial charge in [-0.15, -0.1) is 0 Å². The number of carboxylic acid groups (broad SMARTS) is 1. The van der Waals surface area contributed by atoms with Crippen molar-refractivity contribution in [3.8, 4) is 16.9 Å². The van der Waals surface area contributed by atoms with Gasteiger partial charge in [0.25, 0.3) is 0 Å². The van der Waals surface area contributed by atoms with Crippen LogP contribution in [0.2, 0.25) is 0 Å². The van der Waals surface area contributed by atoms with E-state index in [1.165, 1.54) is 0 Å². The molecule has 0 saturated carbocycles. The number of ether oxygens (including phenoxy) is 1. The van der Waals surface area contributed by atoms with E-state index in [-0.39, 0.29) is 0 Å². The molecule has 0 aliphatic heterocycles. The topological polar surface area (TPSA) is 46.5 Å². The van der Waals surface area contributed by atoms with Crippen LogP contribution in [0.4, 0.5) is 0 Å². The number of para-hydroxylation sites is 1. The molecule has 0 unspecified atom stereocenters. The second-order valence-electron chi connectivity index (χ2n) is 3.99. The van der Waals surface area contributed by atoms with E-state index in [4.69, 9.17) is 9.84 Å². The van der Waals surface area contributed by atoms with Crippen molar-refractivity contribution in [2.75, 3.05) is 7.11 Å². The second kappa shape index (κ2) is 5.87. The van der Waals surface area contributed by atoms with Gasteiger partial charge in [-0.05, 0) is 23.3 Å². The Bertz CT molecular complexity index is 598. The lowest BCUT2D eigenvalue weighted by atomic mass is 10.0. The van der Waals surface area contributed by atoms with Crippen LogP contribution in [0.25, 0.3) is 17.2 Å². The van der Waals surface area contributed by atoms with Crippen molar-refractivity contribution in [1.82, 2.24) is 0 Å². The van der Waals surface area contributed by atoms with Crippen LogP contribution in [0.1, 0.15) is 5.56 Å². The van der Waals surface area contributed by atoms with Crippen LogP contribution in [-0.2, 0) is 4.79 Å². The zero-order valence-electron chi connectivity index (χ0n) is 10.5. The Morgan fingerprint density at radius 2 is 1.79 bits per heavy atom. The molecule has 3 nitrogen and oxygen atoms in total. The minimum absolute atomic E-state index is 0.816. The fourth-order valence-electron chi connectivity index (χ4n) is 1.82. The summed E-state index contributed by atoms with van der Waals surface area (Å²) in [6.45, 7) is 0. The predicted octanol–water partition coefficient (Wildman–Crippen LogP) is 3.46. The molecule has 0 bridgehead atoms. The van der Waals surface area contributed by atoms with Crippen molar-refractivity contribution in [3.63, 3.8) is 0 Å². The third kappa shape index (κ3) is 3.22. The van der Waals surface area contributed by atoms with Crippen molar-refractivity contribution in [2.24, 2.45) is 0 Å². The first-order chi connectivity index (χ1) is 9.20. The summed E-state index contributed by atoms with van der Waals surface area (Å²) in [5.74, 6) is -0.134. The Morgan fingerprint density at radius 3 is 2.42 bits per heavy atom. The Balaban J connectivity index is 2.30. The highest BCUT2D eigenvalue weighted by Gasteiger charge is 2.03. The first-order valence-electron chi connectivity index (χ1n) is 5.85. The Kier molecular flexibility index (Phi) is 3.98. The number of rotatable bonds is 4. The molecule has 3 heteroatoms. The van der Waals surface area contributed by atoms with Gasteiger partial charge in [-0.25, -0.2) is 4.79 Å². The van der Waals surface area contributed by atoms with E-state index in [0.29, 0.717) is 0 Å². The van der Waals surface area contributed by atoms with Crippen LogP contribution >= 0.6 is 0 Å². The zero-order valence-corrected chi connectivity index (χ0v) is 10.5. The van der Waals surface area contributed by atoms with Crippen LogP contribution in [0, 0.1) is 0 Å². The van der Waals surface area contributed by atoms with E-state index in [2.05, 4.69) is 0 Å². The SMILES string of the molecule is COc1ccccc1-c1ccc(/C=C/C(=O)O)cc1. The fourth-order valence-corrected chi connectivity index (χ4v) is 1.82. The van der Waals surface area contributed by atoms with Gasteiger partial charge in [0.15, 0.2) is 0 Å². The second-order valence-corrected chi connectivity index (χ2v) is 3.99. The van der Waals surface area contributed by atoms with Gasteiger partial charge >= 0.3 is 5.97 Å². The molecular formula is C16H14O3. The van der Waals surface area contributed by atoms with Gasteiger partial charge in [-0.3, -0.25) is 0 Å². The molecule has 0 aliphatic carbocycles. The van der Waals surface area contributed by atoms with Crippen LogP contribution in [0.15, 0.2) is 54.6 Å². The molecule has 2 aromatic rings. The van der Waals surface area contributed by atoms with E-state index in [1.807, 2.05) is 48.5 Å². The first-order valence-corrected chi connectivity index (χ1v) is 5.85. The van der Waals surface area contributed by atoms with E-state index >= 15 is 0 Å². The van der Waals surface area contributed by atoms with E-state index in [1.54, 1.807) is 13.2 Å². The number of methoxy groups -OCH3 is 1. The third-order valence-electron chi connectivity index (χ3n) is 2.75. The fraction of sp³-hybridized carbons (Fsp3) is 0.0625. The average molecular weight is 254 g/mol. The van der Waals surface area contributed by atoms with Crippen molar-refractivity contribution in [1.29, 1.82) is 0 Å². The maximum atomic E-state index is 10.4. The lowest BCUT2D eigenvalue weighted by Gasteiger charge is -2.08. The van der Waals surface area contributed by atoms with E-state index in [0.717, 1.165) is 28.5 Å². The van der Waals surface area contributed by atoms with Gasteiger partial charge in [0.2, 0.25) is 0 Å². The van der Waals surface area contributed by atoms with Gasteiger partial charge in [0.05, 0.1) is 7.11 Å². The van der Waals surface area contributed by atoms with Gasteiger partial charge in [0.1, 0.15) is 5.75 Å². The summed E-state index contributed by atoms with van der Waals surface area (Å²) in [5, 5.41) is 8.57. The number of hydrogen-bond donors (Lipinski definition) is 1. The minimum Gasteiger partial charge on any atom is -0.496 e. The van der Waals surface area contributed by atoms with Gasteiger partial charge in [-0.2, -0.15) is 0 Å². The van der Waals surface area contributed by atoms with E-state index in [9.17, 15) is 4.79 Å². The number of aliphatic carboxylic acids is 1. The quantitative estimate of drug-likeness (QED) is 0.850. The Labute approximate surface area is 111 Å². The Hall–Kier alpha value is -2.55. The van der Waals surface area contributed by atoms with Crippen LogP contribution in [0.3, 0.4) is 0 Å². The summed E-state index contributed by atoms with van der Waals surface area (Å²) in [4.78, 5) is 10.4. The molecule has 0 atom stereocenters. The summed E-state index contributed by atoms with van der Waals surface area (Å²) in [6.07, 6.45) is 2.69. The number of carbonyl (C=O) groups is 1. The summed E-state index contributed by atoms with van der Waals surface area (Å²) >= 11 is 0. The average Bonchev–Trinajstić information content (AvgIpc) is 2.45. The Morgan fingerprint density at radius 1 is 1.11 bits per heavy atom. The molecule has 0 saturated heterocycles. The third-order valence-corrected chi connectivity index (χ3v) is 2.75. The summed E-state index contributed by atoms with van der Waals surface area (Å²) in [5.41, 5.74) is 2.89. The molecule has 0 heterocycles. The molecule has 1 N–H and O–H groups in total. The van der Waals surface area contributed by atoms with Gasteiger partial charge in [0, 0.05) is 11.6 Å². The molecule has 0 amide bonds. The van der Waals surface area contributed by atoms with Crippen molar-refractivity contribution >= 4 is 12.0 Å². The highest BCUT2D eigenvalue weighted by atomic mass is 16.5. The van der Waals surface area contributed by atoms with Crippen LogP contribution < -0.4 is 4.74 Å². The molecule has 0 aliphatic rings. The van der Waals surface area contributed by atoms with Gasteiger partial charge < -0.3 is 9.84 Å². The predicted molar refractivity (Wildman–Crippen MR) is 75.1 cm³/mol. The lowest BCUT2D eigenvalue weighted by Crippen LogP contribution is -1.88. The molecule has 0 fully saturated rings. The van der Waals surface area contributed by atoms with Crippen molar-refractivity contribution in [3.05, 3.63) is 60.2 Å². The molecule has 0 aromatic heterocycles. The molecule has 19 heavy (non-hydrogen) atoms. The number of benzene rings is 2. The number of carboxylic acids is 1. The van der Waals surface area contributed by atoms with Gasteiger partial charge in [-0.1, -0.05) is 42.5 Å². The summed E-state index contributed by atoms with van der Waals surface area (Å²) in [6, 6.07) is 15.4. The molecule has 0 radical (unpaired) electrons. The normalized spacial score (nSPS) is 10.6. The van der Waals surface area contributed by atoms with Crippen molar-refractivity contribution < 1.29 is 14.6 Å². The highest BCUT2D eigenvalue weighted by Crippen LogP contribution is 2.29. The van der Waals surface area contributed by atoms with Crippen LogP contribution in [0.5, 0.6) is 5.75 Å². The smallest absolute Gasteiger partial charge is 0.328 e.